The number of nitrogens with two attached hydrogens (primary N) is 1. The highest BCUT2D eigenvalue weighted by atomic mass is 19.1. The molecule has 0 fully saturated rings. The van der Waals surface area contributed by atoms with Gasteiger partial charge in [0.25, 0.3) is 5.69 Å². The first-order valence-electron chi connectivity index (χ1n) is 4.91. The Morgan fingerprint density at radius 1 is 1.28 bits per heavy atom. The molecule has 6 nitrogen and oxygen atoms in total. The highest BCUT2D eigenvalue weighted by molar-refractivity contribution is 5.63. The molecule has 1 heterocycles. The fourth-order valence-corrected chi connectivity index (χ4v) is 1.50. The molecule has 0 aliphatic carbocycles. The van der Waals surface area contributed by atoms with Crippen LogP contribution in [0.25, 0.3) is 5.69 Å². The Bertz CT molecular complexity index is 661. The molecule has 7 heteroatoms. The molecule has 0 saturated carbocycles. The number of nitrogens with zero attached hydrogens (tertiary/aromatic N) is 2. The summed E-state index contributed by atoms with van der Waals surface area (Å²) in [5.41, 5.74) is 4.66. The van der Waals surface area contributed by atoms with E-state index in [0.29, 0.717) is 0 Å². The highest BCUT2D eigenvalue weighted by Crippen LogP contribution is 2.26. The Balaban J connectivity index is 2.59. The highest BCUT2D eigenvalue weighted by Gasteiger charge is 2.16. The van der Waals surface area contributed by atoms with Gasteiger partial charge in [-0.2, -0.15) is 0 Å². The van der Waals surface area contributed by atoms with E-state index in [4.69, 9.17) is 5.73 Å². The van der Waals surface area contributed by atoms with E-state index in [1.165, 1.54) is 29.1 Å². The Hall–Kier alpha value is -2.70. The van der Waals surface area contributed by atoms with Gasteiger partial charge in [0.05, 0.1) is 16.7 Å². The van der Waals surface area contributed by atoms with Crippen molar-refractivity contribution in [1.29, 1.82) is 0 Å². The van der Waals surface area contributed by atoms with Gasteiger partial charge in [-0.25, -0.2) is 4.39 Å². The minimum absolute atomic E-state index is 0.0399. The van der Waals surface area contributed by atoms with Gasteiger partial charge in [-0.15, -0.1) is 0 Å². The zero-order chi connectivity index (χ0) is 13.3. The fourth-order valence-electron chi connectivity index (χ4n) is 1.50. The van der Waals surface area contributed by atoms with Gasteiger partial charge in [0, 0.05) is 24.5 Å². The zero-order valence-electron chi connectivity index (χ0n) is 9.04. The second kappa shape index (κ2) is 4.28. The number of anilines is 1. The average Bonchev–Trinajstić information content (AvgIpc) is 2.32. The van der Waals surface area contributed by atoms with Crippen molar-refractivity contribution in [2.45, 2.75) is 0 Å². The number of hydrogen-bond donors (Lipinski definition) is 1. The Kier molecular flexibility index (Phi) is 2.80. The number of halogens is 1. The van der Waals surface area contributed by atoms with Crippen molar-refractivity contribution in [3.8, 4) is 5.69 Å². The standard InChI is InChI=1S/C11H8FN3O3/c12-8-5-11(15(17)18)9(13)6-10(8)14-3-1-7(16)2-4-14/h1-6H,13H2. The molecular formula is C11H8FN3O3. The van der Waals surface area contributed by atoms with Crippen molar-refractivity contribution >= 4 is 11.4 Å². The van der Waals surface area contributed by atoms with Crippen LogP contribution in [0.15, 0.2) is 41.5 Å². The van der Waals surface area contributed by atoms with Gasteiger partial charge in [0.1, 0.15) is 5.69 Å². The van der Waals surface area contributed by atoms with Crippen LogP contribution in [0.1, 0.15) is 0 Å². The third kappa shape index (κ3) is 2.05. The quantitative estimate of drug-likeness (QED) is 0.495. The minimum Gasteiger partial charge on any atom is -0.393 e. The van der Waals surface area contributed by atoms with E-state index in [9.17, 15) is 19.3 Å². The lowest BCUT2D eigenvalue weighted by Gasteiger charge is -2.08. The number of rotatable bonds is 2. The molecule has 0 amide bonds. The normalized spacial score (nSPS) is 10.3. The minimum atomic E-state index is -0.792. The first kappa shape index (κ1) is 11.8. The number of nitro groups is 1. The van der Waals surface area contributed by atoms with Crippen LogP contribution in [0, 0.1) is 15.9 Å². The van der Waals surface area contributed by atoms with Crippen molar-refractivity contribution < 1.29 is 9.31 Å². The number of pyridine rings is 1. The Labute approximate surface area is 100 Å². The van der Waals surface area contributed by atoms with E-state index in [-0.39, 0.29) is 16.8 Å². The van der Waals surface area contributed by atoms with Crippen LogP contribution in [-0.2, 0) is 0 Å². The molecule has 0 unspecified atom stereocenters. The van der Waals surface area contributed by atoms with Gasteiger partial charge in [-0.1, -0.05) is 0 Å². The number of hydrogen-bond acceptors (Lipinski definition) is 4. The van der Waals surface area contributed by atoms with Crippen LogP contribution in [0.4, 0.5) is 15.8 Å². The summed E-state index contributed by atoms with van der Waals surface area (Å²) in [6.07, 6.45) is 2.71. The largest absolute Gasteiger partial charge is 0.393 e. The smallest absolute Gasteiger partial charge is 0.295 e. The van der Waals surface area contributed by atoms with E-state index < -0.39 is 16.4 Å². The van der Waals surface area contributed by atoms with E-state index in [0.717, 1.165) is 12.1 Å². The number of nitrogen functional groups attached to an aromatic ring is 1. The van der Waals surface area contributed by atoms with Crippen LogP contribution < -0.4 is 11.2 Å². The summed E-state index contributed by atoms with van der Waals surface area (Å²) >= 11 is 0. The SMILES string of the molecule is Nc1cc(-n2ccc(=O)cc2)c(F)cc1[N+](=O)[O-]. The lowest BCUT2D eigenvalue weighted by Crippen LogP contribution is -2.05. The Morgan fingerprint density at radius 3 is 2.44 bits per heavy atom. The molecular weight excluding hydrogens is 241 g/mol. The molecule has 0 bridgehead atoms. The van der Waals surface area contributed by atoms with Gasteiger partial charge >= 0.3 is 0 Å². The van der Waals surface area contributed by atoms with Gasteiger partial charge in [0.15, 0.2) is 11.2 Å². The molecule has 0 radical (unpaired) electrons. The maximum atomic E-state index is 13.7. The third-order valence-electron chi connectivity index (χ3n) is 2.37. The van der Waals surface area contributed by atoms with Crippen LogP contribution in [0.2, 0.25) is 0 Å². The molecule has 1 aromatic heterocycles. The maximum absolute atomic E-state index is 13.7. The van der Waals surface area contributed by atoms with E-state index in [1.54, 1.807) is 0 Å². The molecule has 0 saturated heterocycles. The summed E-state index contributed by atoms with van der Waals surface area (Å²) in [4.78, 5) is 20.7. The van der Waals surface area contributed by atoms with Gasteiger partial charge in [-0.3, -0.25) is 14.9 Å². The first-order valence-corrected chi connectivity index (χ1v) is 4.91. The van der Waals surface area contributed by atoms with Crippen LogP contribution in [0.5, 0.6) is 0 Å². The Morgan fingerprint density at radius 2 is 1.89 bits per heavy atom. The van der Waals surface area contributed by atoms with Crippen molar-refractivity contribution in [2.24, 2.45) is 0 Å². The van der Waals surface area contributed by atoms with E-state index >= 15 is 0 Å². The molecule has 2 rings (SSSR count). The van der Waals surface area contributed by atoms with Gasteiger partial charge in [0.2, 0.25) is 0 Å². The second-order valence-electron chi connectivity index (χ2n) is 3.56. The number of benzene rings is 1. The fraction of sp³-hybridized carbons (Fsp3) is 0. The number of nitro benzene ring substituents is 1. The van der Waals surface area contributed by atoms with Crippen molar-refractivity contribution in [3.63, 3.8) is 0 Å². The molecule has 0 spiro atoms. The maximum Gasteiger partial charge on any atom is 0.295 e. The van der Waals surface area contributed by atoms with Gasteiger partial charge < -0.3 is 10.3 Å². The third-order valence-corrected chi connectivity index (χ3v) is 2.37. The van der Waals surface area contributed by atoms with Crippen LogP contribution >= 0.6 is 0 Å². The van der Waals surface area contributed by atoms with E-state index in [1.807, 2.05) is 0 Å². The molecule has 0 atom stereocenters. The summed E-state index contributed by atoms with van der Waals surface area (Å²) in [6.45, 7) is 0. The molecule has 2 aromatic rings. The molecule has 1 aromatic carbocycles. The number of aromatic nitrogens is 1. The predicted molar refractivity (Wildman–Crippen MR) is 63.1 cm³/mol. The lowest BCUT2D eigenvalue weighted by molar-refractivity contribution is -0.384. The van der Waals surface area contributed by atoms with Crippen molar-refractivity contribution in [2.75, 3.05) is 5.73 Å². The van der Waals surface area contributed by atoms with Crippen molar-refractivity contribution in [1.82, 2.24) is 4.57 Å². The second-order valence-corrected chi connectivity index (χ2v) is 3.56. The average molecular weight is 249 g/mol. The summed E-state index contributed by atoms with van der Waals surface area (Å²) in [5.74, 6) is -0.792. The van der Waals surface area contributed by atoms with Gasteiger partial charge in [-0.05, 0) is 6.07 Å². The van der Waals surface area contributed by atoms with Crippen LogP contribution in [-0.4, -0.2) is 9.49 Å². The molecule has 18 heavy (non-hydrogen) atoms. The summed E-state index contributed by atoms with van der Waals surface area (Å²) in [5, 5.41) is 10.6. The summed E-state index contributed by atoms with van der Waals surface area (Å²) in [6, 6.07) is 4.40. The molecule has 92 valence electrons. The molecule has 0 aliphatic heterocycles. The predicted octanol–water partition coefficient (Wildman–Crippen LogP) is 1.47. The first-order chi connectivity index (χ1) is 8.49. The van der Waals surface area contributed by atoms with Crippen molar-refractivity contribution in [3.05, 3.63) is 62.8 Å². The topological polar surface area (TPSA) is 91.2 Å². The van der Waals surface area contributed by atoms with Crippen LogP contribution in [0.3, 0.4) is 0 Å². The van der Waals surface area contributed by atoms with E-state index in [2.05, 4.69) is 0 Å². The zero-order valence-corrected chi connectivity index (χ0v) is 9.04. The molecule has 2 N–H and O–H groups in total. The lowest BCUT2D eigenvalue weighted by atomic mass is 10.2. The summed E-state index contributed by atoms with van der Waals surface area (Å²) < 4.78 is 15.0. The molecule has 0 aliphatic rings. The monoisotopic (exact) mass is 249 g/mol. The summed E-state index contributed by atoms with van der Waals surface area (Å²) in [7, 11) is 0.